The van der Waals surface area contributed by atoms with Gasteiger partial charge >= 0.3 is 5.97 Å². The molecule has 1 N–H and O–H groups in total. The quantitative estimate of drug-likeness (QED) is 0.762. The van der Waals surface area contributed by atoms with Crippen LogP contribution in [0, 0.1) is 13.8 Å². The molecule has 0 saturated carbocycles. The molecule has 0 unspecified atom stereocenters. The van der Waals surface area contributed by atoms with Crippen LogP contribution in [0.5, 0.6) is 0 Å². The second-order valence-electron chi connectivity index (χ2n) is 5.16. The van der Waals surface area contributed by atoms with Gasteiger partial charge in [0.15, 0.2) is 4.96 Å². The zero-order valence-electron chi connectivity index (χ0n) is 12.5. The van der Waals surface area contributed by atoms with E-state index in [1.165, 1.54) is 11.3 Å². The highest BCUT2D eigenvalue weighted by molar-refractivity contribution is 7.19. The Kier molecular flexibility index (Phi) is 3.70. The summed E-state index contributed by atoms with van der Waals surface area (Å²) in [5.74, 6) is -0.893. The number of hydrogen-bond donors (Lipinski definition) is 1. The number of aryl methyl sites for hydroxylation is 3. The fourth-order valence-corrected chi connectivity index (χ4v) is 3.88. The van der Waals surface area contributed by atoms with Crippen LogP contribution in [0.1, 0.15) is 33.5 Å². The van der Waals surface area contributed by atoms with Gasteiger partial charge in [-0.15, -0.1) is 0 Å². The highest BCUT2D eigenvalue weighted by Gasteiger charge is 2.21. The van der Waals surface area contributed by atoms with Crippen molar-refractivity contribution in [3.63, 3.8) is 0 Å². The summed E-state index contributed by atoms with van der Waals surface area (Å²) in [5.41, 5.74) is 4.62. The van der Waals surface area contributed by atoms with E-state index in [2.05, 4.69) is 4.98 Å². The van der Waals surface area contributed by atoms with Crippen LogP contribution in [-0.2, 0) is 6.42 Å². The topological polar surface area (TPSA) is 54.6 Å². The Morgan fingerprint density at radius 1 is 1.41 bits per heavy atom. The maximum Gasteiger partial charge on any atom is 0.347 e. The number of thiazole rings is 1. The van der Waals surface area contributed by atoms with Crippen LogP contribution in [-0.4, -0.2) is 20.5 Å². The van der Waals surface area contributed by atoms with Crippen LogP contribution in [0.4, 0.5) is 0 Å². The Bertz CT molecular complexity index is 895. The molecule has 3 aromatic rings. The van der Waals surface area contributed by atoms with E-state index in [1.54, 1.807) is 0 Å². The number of carbonyl (C=O) groups is 1. The second kappa shape index (κ2) is 5.41. The molecule has 0 bridgehead atoms. The second-order valence-corrected chi connectivity index (χ2v) is 6.55. The molecule has 0 fully saturated rings. The lowest BCUT2D eigenvalue weighted by Gasteiger charge is -2.04. The van der Waals surface area contributed by atoms with Crippen LogP contribution in [0.15, 0.2) is 18.2 Å². The molecule has 6 heteroatoms. The van der Waals surface area contributed by atoms with E-state index in [4.69, 9.17) is 11.6 Å². The molecular formula is C16H15ClN2O2S. The Balaban J connectivity index is 2.25. The number of nitrogens with zero attached hydrogens (tertiary/aromatic N) is 2. The minimum atomic E-state index is -0.893. The number of hydrogen-bond acceptors (Lipinski definition) is 3. The summed E-state index contributed by atoms with van der Waals surface area (Å²) < 4.78 is 1.95. The molecule has 0 aliphatic rings. The van der Waals surface area contributed by atoms with E-state index in [-0.39, 0.29) is 0 Å². The van der Waals surface area contributed by atoms with Gasteiger partial charge in [-0.05, 0) is 38.0 Å². The first-order valence-corrected chi connectivity index (χ1v) is 8.14. The molecule has 1 aromatic carbocycles. The summed E-state index contributed by atoms with van der Waals surface area (Å²) in [6.07, 6.45) is 0.651. The minimum absolute atomic E-state index is 0.368. The van der Waals surface area contributed by atoms with E-state index in [0.717, 1.165) is 33.2 Å². The van der Waals surface area contributed by atoms with E-state index in [9.17, 15) is 9.90 Å². The third-order valence-electron chi connectivity index (χ3n) is 3.76. The third kappa shape index (κ3) is 2.21. The average Bonchev–Trinajstić information content (AvgIpc) is 2.99. The summed E-state index contributed by atoms with van der Waals surface area (Å²) in [6, 6.07) is 5.81. The Hall–Kier alpha value is -1.85. The predicted molar refractivity (Wildman–Crippen MR) is 89.3 cm³/mol. The van der Waals surface area contributed by atoms with Gasteiger partial charge in [0.05, 0.1) is 5.69 Å². The predicted octanol–water partition coefficient (Wildman–Crippen LogP) is 4.59. The summed E-state index contributed by atoms with van der Waals surface area (Å²) in [6.45, 7) is 5.88. The van der Waals surface area contributed by atoms with Gasteiger partial charge in [-0.3, -0.25) is 4.40 Å². The van der Waals surface area contributed by atoms with Crippen LogP contribution >= 0.6 is 22.9 Å². The zero-order chi connectivity index (χ0) is 16.0. The molecule has 22 heavy (non-hydrogen) atoms. The van der Waals surface area contributed by atoms with Gasteiger partial charge in [0.1, 0.15) is 4.88 Å². The Labute approximate surface area is 137 Å². The van der Waals surface area contributed by atoms with Gasteiger partial charge in [0.25, 0.3) is 0 Å². The van der Waals surface area contributed by atoms with Gasteiger partial charge in [-0.1, -0.05) is 35.9 Å². The molecule has 0 radical (unpaired) electrons. The van der Waals surface area contributed by atoms with Gasteiger partial charge in [-0.25, -0.2) is 9.78 Å². The first-order chi connectivity index (χ1) is 10.4. The molecule has 4 nitrogen and oxygen atoms in total. The van der Waals surface area contributed by atoms with Crippen molar-refractivity contribution in [2.45, 2.75) is 27.2 Å². The number of rotatable bonds is 3. The number of imidazole rings is 1. The lowest BCUT2D eigenvalue weighted by atomic mass is 10.1. The zero-order valence-corrected chi connectivity index (χ0v) is 14.0. The summed E-state index contributed by atoms with van der Waals surface area (Å²) in [7, 11) is 0. The lowest BCUT2D eigenvalue weighted by Crippen LogP contribution is -2.01. The number of fused-ring (bicyclic) bond motifs is 1. The minimum Gasteiger partial charge on any atom is -0.477 e. The fourth-order valence-electron chi connectivity index (χ4n) is 2.67. The van der Waals surface area contributed by atoms with Crippen LogP contribution in [0.2, 0.25) is 5.02 Å². The van der Waals surface area contributed by atoms with Crippen LogP contribution in [0.25, 0.3) is 16.2 Å². The molecule has 0 aliphatic carbocycles. The Morgan fingerprint density at radius 3 is 2.73 bits per heavy atom. The fraction of sp³-hybridized carbons (Fsp3) is 0.250. The summed E-state index contributed by atoms with van der Waals surface area (Å²) in [4.78, 5) is 17.1. The van der Waals surface area contributed by atoms with E-state index < -0.39 is 5.97 Å². The van der Waals surface area contributed by atoms with Crippen LogP contribution in [0.3, 0.4) is 0 Å². The molecule has 0 saturated heterocycles. The van der Waals surface area contributed by atoms with E-state index in [0.29, 0.717) is 16.3 Å². The van der Waals surface area contributed by atoms with Crippen molar-refractivity contribution in [1.29, 1.82) is 0 Å². The van der Waals surface area contributed by atoms with Gasteiger partial charge < -0.3 is 5.11 Å². The maximum atomic E-state index is 11.4. The number of aromatic nitrogens is 2. The number of aromatic carboxylic acids is 1. The standard InChI is InChI=1S/C16H15ClN2O2S/c1-4-12-14(15(20)21)22-16-18-13(9(3)19(12)16)10-5-6-11(17)8(2)7-10/h5-7H,4H2,1-3H3,(H,20,21). The van der Waals surface area contributed by atoms with Gasteiger partial charge in [-0.2, -0.15) is 0 Å². The van der Waals surface area contributed by atoms with Crippen molar-refractivity contribution < 1.29 is 9.90 Å². The summed E-state index contributed by atoms with van der Waals surface area (Å²) >= 11 is 7.30. The van der Waals surface area contributed by atoms with E-state index in [1.807, 2.05) is 43.4 Å². The number of benzene rings is 1. The van der Waals surface area contributed by atoms with Crippen molar-refractivity contribution >= 4 is 33.9 Å². The van der Waals surface area contributed by atoms with Crippen molar-refractivity contribution in [2.24, 2.45) is 0 Å². The monoisotopic (exact) mass is 334 g/mol. The molecule has 2 heterocycles. The first kappa shape index (κ1) is 15.1. The van der Waals surface area contributed by atoms with Crippen LogP contribution < -0.4 is 0 Å². The lowest BCUT2D eigenvalue weighted by molar-refractivity contribution is 0.0700. The molecule has 0 atom stereocenters. The summed E-state index contributed by atoms with van der Waals surface area (Å²) in [5, 5.41) is 10.0. The molecule has 2 aromatic heterocycles. The first-order valence-electron chi connectivity index (χ1n) is 6.94. The average molecular weight is 335 g/mol. The number of carboxylic acid groups (broad SMARTS) is 1. The van der Waals surface area contributed by atoms with Crippen molar-refractivity contribution in [3.05, 3.63) is 45.1 Å². The highest BCUT2D eigenvalue weighted by Crippen LogP contribution is 2.32. The normalized spacial score (nSPS) is 11.3. The Morgan fingerprint density at radius 2 is 2.14 bits per heavy atom. The van der Waals surface area contributed by atoms with Crippen molar-refractivity contribution in [3.8, 4) is 11.3 Å². The largest absolute Gasteiger partial charge is 0.477 e. The molecule has 0 spiro atoms. The maximum absolute atomic E-state index is 11.4. The smallest absolute Gasteiger partial charge is 0.347 e. The molecule has 0 amide bonds. The van der Waals surface area contributed by atoms with Gasteiger partial charge in [0, 0.05) is 22.0 Å². The van der Waals surface area contributed by atoms with Crippen molar-refractivity contribution in [2.75, 3.05) is 0 Å². The molecule has 3 rings (SSSR count). The third-order valence-corrected chi connectivity index (χ3v) is 5.26. The number of carboxylic acids is 1. The molecule has 0 aliphatic heterocycles. The SMILES string of the molecule is CCc1c(C(=O)O)sc2nc(-c3ccc(Cl)c(C)c3)c(C)n12. The van der Waals surface area contributed by atoms with E-state index >= 15 is 0 Å². The van der Waals surface area contributed by atoms with Gasteiger partial charge in [0.2, 0.25) is 0 Å². The molecule has 114 valence electrons. The van der Waals surface area contributed by atoms with Crippen molar-refractivity contribution in [1.82, 2.24) is 9.38 Å². The molecular weight excluding hydrogens is 320 g/mol. The number of halogens is 1. The highest BCUT2D eigenvalue weighted by atomic mass is 35.5.